The minimum absolute atomic E-state index is 0.629. The number of halogens is 2. The highest BCUT2D eigenvalue weighted by Crippen LogP contribution is 2.29. The molecule has 2 rings (SSSR count). The molecule has 0 bridgehead atoms. The van der Waals surface area contributed by atoms with Crippen molar-refractivity contribution in [2.75, 3.05) is 0 Å². The highest BCUT2D eigenvalue weighted by Gasteiger charge is 2.20. The molecule has 2 nitrogen and oxygen atoms in total. The topological polar surface area (TPSA) is 40.5 Å². The average molecular weight is 430 g/mol. The summed E-state index contributed by atoms with van der Waals surface area (Å²) in [6, 6.07) is 6.00. The van der Waals surface area contributed by atoms with Gasteiger partial charge in [0.05, 0.1) is 0 Å². The maximum absolute atomic E-state index is 9.16. The molecule has 0 atom stereocenters. The van der Waals surface area contributed by atoms with Gasteiger partial charge in [0.25, 0.3) is 0 Å². The van der Waals surface area contributed by atoms with Gasteiger partial charge in [0, 0.05) is 22.0 Å². The van der Waals surface area contributed by atoms with Crippen LogP contribution < -0.4 is 4.78 Å². The highest BCUT2D eigenvalue weighted by atomic mass is 127. The summed E-state index contributed by atoms with van der Waals surface area (Å²) >= 11 is 5.85. The van der Waals surface area contributed by atoms with Gasteiger partial charge in [0.15, 0.2) is 0 Å². The van der Waals surface area contributed by atoms with E-state index < -0.39 is 7.12 Å². The normalized spacial score (nSPS) is 10.9. The van der Waals surface area contributed by atoms with Crippen LogP contribution in [0.15, 0.2) is 18.2 Å². The number of thiophene rings is 1. The first kappa shape index (κ1) is 11.1. The molecule has 0 radical (unpaired) electrons. The van der Waals surface area contributed by atoms with Crippen molar-refractivity contribution in [1.82, 2.24) is 0 Å². The fourth-order valence-corrected chi connectivity index (χ4v) is 4.28. The Morgan fingerprint density at radius 2 is 1.93 bits per heavy atom. The van der Waals surface area contributed by atoms with Gasteiger partial charge >= 0.3 is 7.12 Å². The van der Waals surface area contributed by atoms with Crippen molar-refractivity contribution in [3.63, 3.8) is 0 Å². The standard InChI is InChI=1S/C8H5BI2O2S/c10-5-3-1-2-4-6(11)8(9(12)13)14-7(4)5/h1-3,12-13H. The summed E-state index contributed by atoms with van der Waals surface area (Å²) in [5.41, 5.74) is 0. The predicted molar refractivity (Wildman–Crippen MR) is 77.1 cm³/mol. The van der Waals surface area contributed by atoms with Crippen molar-refractivity contribution in [1.29, 1.82) is 0 Å². The number of fused-ring (bicyclic) bond motifs is 1. The Morgan fingerprint density at radius 3 is 2.50 bits per heavy atom. The summed E-state index contributed by atoms with van der Waals surface area (Å²) in [5, 5.41) is 19.4. The lowest BCUT2D eigenvalue weighted by molar-refractivity contribution is 0.426. The minimum atomic E-state index is -1.37. The number of rotatable bonds is 1. The smallest absolute Gasteiger partial charge is 0.423 e. The lowest BCUT2D eigenvalue weighted by Gasteiger charge is -1.93. The molecule has 1 heterocycles. The van der Waals surface area contributed by atoms with Crippen molar-refractivity contribution in [2.24, 2.45) is 0 Å². The summed E-state index contributed by atoms with van der Waals surface area (Å²) in [5.74, 6) is 0. The Labute approximate surface area is 113 Å². The zero-order valence-corrected chi connectivity index (χ0v) is 12.0. The molecular formula is C8H5BI2O2S. The molecule has 0 spiro atoms. The van der Waals surface area contributed by atoms with Gasteiger partial charge in [-0.25, -0.2) is 0 Å². The molecule has 14 heavy (non-hydrogen) atoms. The molecule has 0 unspecified atom stereocenters. The first-order valence-corrected chi connectivity index (χ1v) is 6.81. The lowest BCUT2D eigenvalue weighted by atomic mass is 9.89. The van der Waals surface area contributed by atoms with E-state index in [1.165, 1.54) is 11.3 Å². The van der Waals surface area contributed by atoms with Gasteiger partial charge < -0.3 is 10.0 Å². The zero-order valence-electron chi connectivity index (χ0n) is 6.87. The zero-order chi connectivity index (χ0) is 10.3. The molecule has 2 N–H and O–H groups in total. The van der Waals surface area contributed by atoms with Crippen LogP contribution >= 0.6 is 56.5 Å². The first-order valence-electron chi connectivity index (χ1n) is 3.84. The third kappa shape index (κ3) is 1.82. The van der Waals surface area contributed by atoms with Gasteiger partial charge in [-0.3, -0.25) is 0 Å². The highest BCUT2D eigenvalue weighted by molar-refractivity contribution is 14.1. The second kappa shape index (κ2) is 4.24. The van der Waals surface area contributed by atoms with E-state index in [1.54, 1.807) is 0 Å². The van der Waals surface area contributed by atoms with E-state index >= 15 is 0 Å². The van der Waals surface area contributed by atoms with Crippen molar-refractivity contribution < 1.29 is 10.0 Å². The molecule has 72 valence electrons. The second-order valence-electron chi connectivity index (χ2n) is 2.77. The van der Waals surface area contributed by atoms with Gasteiger partial charge in [-0.05, 0) is 51.2 Å². The molecule has 0 aliphatic heterocycles. The van der Waals surface area contributed by atoms with E-state index in [1.807, 2.05) is 18.2 Å². The molecule has 0 saturated carbocycles. The molecule has 0 saturated heterocycles. The fourth-order valence-electron chi connectivity index (χ4n) is 1.24. The van der Waals surface area contributed by atoms with E-state index in [9.17, 15) is 0 Å². The van der Waals surface area contributed by atoms with Crippen LogP contribution in [0.4, 0.5) is 0 Å². The summed E-state index contributed by atoms with van der Waals surface area (Å²) in [6.07, 6.45) is 0. The van der Waals surface area contributed by atoms with Crippen LogP contribution in [-0.2, 0) is 0 Å². The monoisotopic (exact) mass is 430 g/mol. The van der Waals surface area contributed by atoms with Gasteiger partial charge in [-0.1, -0.05) is 12.1 Å². The molecule has 0 fully saturated rings. The molecule has 0 aliphatic carbocycles. The maximum atomic E-state index is 9.16. The predicted octanol–water partition coefficient (Wildman–Crippen LogP) is 1.79. The third-order valence-corrected chi connectivity index (χ3v) is 5.94. The van der Waals surface area contributed by atoms with Gasteiger partial charge in [-0.15, -0.1) is 11.3 Å². The Morgan fingerprint density at radius 1 is 1.21 bits per heavy atom. The van der Waals surface area contributed by atoms with E-state index in [0.717, 1.165) is 17.2 Å². The van der Waals surface area contributed by atoms with E-state index in [4.69, 9.17) is 10.0 Å². The van der Waals surface area contributed by atoms with Gasteiger partial charge in [-0.2, -0.15) is 0 Å². The quantitative estimate of drug-likeness (QED) is 0.536. The maximum Gasteiger partial charge on any atom is 0.500 e. The summed E-state index contributed by atoms with van der Waals surface area (Å²) in [7, 11) is -1.37. The van der Waals surface area contributed by atoms with Crippen molar-refractivity contribution in [3.8, 4) is 0 Å². The minimum Gasteiger partial charge on any atom is -0.423 e. The Hall–Kier alpha value is 0.625. The van der Waals surface area contributed by atoms with E-state index in [-0.39, 0.29) is 0 Å². The molecular weight excluding hydrogens is 425 g/mol. The van der Waals surface area contributed by atoms with Crippen LogP contribution in [0.25, 0.3) is 10.1 Å². The summed E-state index contributed by atoms with van der Waals surface area (Å²) < 4.78 is 3.84. The second-order valence-corrected chi connectivity index (χ2v) is 6.06. The number of hydrogen-bond acceptors (Lipinski definition) is 3. The van der Waals surface area contributed by atoms with Crippen LogP contribution in [0.1, 0.15) is 0 Å². The number of hydrogen-bond donors (Lipinski definition) is 2. The fraction of sp³-hybridized carbons (Fsp3) is 0. The van der Waals surface area contributed by atoms with Crippen molar-refractivity contribution in [2.45, 2.75) is 0 Å². The lowest BCUT2D eigenvalue weighted by Crippen LogP contribution is -2.28. The Balaban J connectivity index is 2.80. The molecule has 6 heteroatoms. The van der Waals surface area contributed by atoms with E-state index in [2.05, 4.69) is 45.2 Å². The number of benzene rings is 1. The van der Waals surface area contributed by atoms with Crippen LogP contribution in [-0.4, -0.2) is 17.2 Å². The average Bonchev–Trinajstić information content (AvgIpc) is 2.46. The van der Waals surface area contributed by atoms with Crippen LogP contribution in [0.5, 0.6) is 0 Å². The van der Waals surface area contributed by atoms with Gasteiger partial charge in [0.2, 0.25) is 0 Å². The molecule has 2 aromatic rings. The Bertz CT molecular complexity index is 483. The van der Waals surface area contributed by atoms with Crippen molar-refractivity contribution in [3.05, 3.63) is 25.3 Å². The largest absolute Gasteiger partial charge is 0.500 e. The molecule has 0 aliphatic rings. The Kier molecular flexibility index (Phi) is 3.37. The summed E-state index contributed by atoms with van der Waals surface area (Å²) in [6.45, 7) is 0. The van der Waals surface area contributed by atoms with E-state index in [0.29, 0.717) is 4.78 Å². The molecule has 1 aromatic carbocycles. The van der Waals surface area contributed by atoms with Crippen LogP contribution in [0, 0.1) is 7.14 Å². The molecule has 0 amide bonds. The van der Waals surface area contributed by atoms with Crippen molar-refractivity contribution >= 4 is 78.5 Å². The third-order valence-electron chi connectivity index (χ3n) is 1.87. The SMILES string of the molecule is OB(O)c1sc2c(I)cccc2c1I. The summed E-state index contributed by atoms with van der Waals surface area (Å²) in [4.78, 5) is 0. The van der Waals surface area contributed by atoms with Crippen LogP contribution in [0.2, 0.25) is 0 Å². The molecule has 1 aromatic heterocycles. The van der Waals surface area contributed by atoms with Crippen LogP contribution in [0.3, 0.4) is 0 Å². The first-order chi connectivity index (χ1) is 6.61. The van der Waals surface area contributed by atoms with Gasteiger partial charge in [0.1, 0.15) is 0 Å².